The van der Waals surface area contributed by atoms with Crippen LogP contribution in [-0.2, 0) is 17.8 Å². The molecule has 2 aromatic carbocycles. The predicted octanol–water partition coefficient (Wildman–Crippen LogP) is 3.95. The highest BCUT2D eigenvalue weighted by Gasteiger charge is 2.13. The van der Waals surface area contributed by atoms with Crippen molar-refractivity contribution >= 4 is 0 Å². The summed E-state index contributed by atoms with van der Waals surface area (Å²) in [6.45, 7) is 7.27. The standard InChI is InChI=1S/C20H27NO2/c1-20(2,3)23-15-18(21)13-16-9-11-19(12-10-16)22-14-17-7-5-4-6-8-17/h4-12,18H,13-15,21H2,1-3H3/t18-/m0/s1. The number of ether oxygens (including phenoxy) is 2. The Bertz CT molecular complexity index is 573. The Labute approximate surface area is 139 Å². The molecule has 0 aliphatic carbocycles. The fourth-order valence-corrected chi connectivity index (χ4v) is 2.18. The van der Waals surface area contributed by atoms with Gasteiger partial charge in [-0.1, -0.05) is 42.5 Å². The summed E-state index contributed by atoms with van der Waals surface area (Å²) in [5.74, 6) is 0.872. The quantitative estimate of drug-likeness (QED) is 0.842. The molecule has 2 N–H and O–H groups in total. The first-order chi connectivity index (χ1) is 10.9. The number of benzene rings is 2. The maximum Gasteiger partial charge on any atom is 0.119 e. The van der Waals surface area contributed by atoms with Gasteiger partial charge in [0, 0.05) is 6.04 Å². The Kier molecular flexibility index (Phi) is 6.20. The summed E-state index contributed by atoms with van der Waals surface area (Å²) in [5, 5.41) is 0. The van der Waals surface area contributed by atoms with Gasteiger partial charge >= 0.3 is 0 Å². The smallest absolute Gasteiger partial charge is 0.119 e. The van der Waals surface area contributed by atoms with Crippen molar-refractivity contribution in [2.24, 2.45) is 5.73 Å². The first kappa shape index (κ1) is 17.5. The number of nitrogens with two attached hydrogens (primary N) is 1. The van der Waals surface area contributed by atoms with Gasteiger partial charge in [-0.3, -0.25) is 0 Å². The van der Waals surface area contributed by atoms with E-state index in [1.807, 2.05) is 51.1 Å². The van der Waals surface area contributed by atoms with Gasteiger partial charge in [0.05, 0.1) is 12.2 Å². The maximum absolute atomic E-state index is 6.13. The van der Waals surface area contributed by atoms with E-state index < -0.39 is 0 Å². The number of hydrogen-bond donors (Lipinski definition) is 1. The maximum atomic E-state index is 6.13. The molecule has 2 rings (SSSR count). The molecule has 124 valence electrons. The van der Waals surface area contributed by atoms with Crippen LogP contribution in [0.5, 0.6) is 5.75 Å². The highest BCUT2D eigenvalue weighted by molar-refractivity contribution is 5.28. The van der Waals surface area contributed by atoms with E-state index in [4.69, 9.17) is 15.2 Å². The average molecular weight is 313 g/mol. The van der Waals surface area contributed by atoms with Crippen LogP contribution >= 0.6 is 0 Å². The Morgan fingerprint density at radius 3 is 2.17 bits per heavy atom. The van der Waals surface area contributed by atoms with Crippen molar-refractivity contribution in [2.75, 3.05) is 6.61 Å². The van der Waals surface area contributed by atoms with Gasteiger partial charge in [0.1, 0.15) is 12.4 Å². The molecule has 0 unspecified atom stereocenters. The zero-order chi connectivity index (χ0) is 16.7. The number of hydrogen-bond acceptors (Lipinski definition) is 3. The van der Waals surface area contributed by atoms with Crippen LogP contribution in [0.25, 0.3) is 0 Å². The van der Waals surface area contributed by atoms with Gasteiger partial charge in [-0.15, -0.1) is 0 Å². The summed E-state index contributed by atoms with van der Waals surface area (Å²) < 4.78 is 11.5. The van der Waals surface area contributed by atoms with Crippen LogP contribution in [0, 0.1) is 0 Å². The monoisotopic (exact) mass is 313 g/mol. The van der Waals surface area contributed by atoms with Crippen LogP contribution in [0.1, 0.15) is 31.9 Å². The minimum absolute atomic E-state index is 0.00492. The second kappa shape index (κ2) is 8.14. The lowest BCUT2D eigenvalue weighted by atomic mass is 10.1. The topological polar surface area (TPSA) is 44.5 Å². The van der Waals surface area contributed by atoms with Crippen molar-refractivity contribution in [1.82, 2.24) is 0 Å². The minimum atomic E-state index is -0.146. The summed E-state index contributed by atoms with van der Waals surface area (Å²) in [7, 11) is 0. The molecule has 0 aliphatic rings. The fraction of sp³-hybridized carbons (Fsp3) is 0.400. The molecule has 3 heteroatoms. The normalized spacial score (nSPS) is 12.9. The van der Waals surface area contributed by atoms with Gasteiger partial charge in [-0.05, 0) is 50.5 Å². The minimum Gasteiger partial charge on any atom is -0.489 e. The second-order valence-electron chi connectivity index (χ2n) is 6.81. The molecular formula is C20H27NO2. The molecular weight excluding hydrogens is 286 g/mol. The molecule has 0 saturated carbocycles. The van der Waals surface area contributed by atoms with E-state index >= 15 is 0 Å². The molecule has 3 nitrogen and oxygen atoms in total. The van der Waals surface area contributed by atoms with Crippen LogP contribution < -0.4 is 10.5 Å². The third-order valence-electron chi connectivity index (χ3n) is 3.40. The van der Waals surface area contributed by atoms with E-state index in [1.54, 1.807) is 0 Å². The van der Waals surface area contributed by atoms with Gasteiger partial charge in [-0.2, -0.15) is 0 Å². The molecule has 0 amide bonds. The fourth-order valence-electron chi connectivity index (χ4n) is 2.18. The van der Waals surface area contributed by atoms with Crippen molar-refractivity contribution in [3.63, 3.8) is 0 Å². The van der Waals surface area contributed by atoms with Crippen LogP contribution in [0.15, 0.2) is 54.6 Å². The van der Waals surface area contributed by atoms with Crippen molar-refractivity contribution < 1.29 is 9.47 Å². The summed E-state index contributed by atoms with van der Waals surface area (Å²) in [4.78, 5) is 0. The summed E-state index contributed by atoms with van der Waals surface area (Å²) in [6.07, 6.45) is 0.801. The predicted molar refractivity (Wildman–Crippen MR) is 94.6 cm³/mol. The highest BCUT2D eigenvalue weighted by atomic mass is 16.5. The van der Waals surface area contributed by atoms with Crippen molar-refractivity contribution in [2.45, 2.75) is 45.4 Å². The lowest BCUT2D eigenvalue weighted by Gasteiger charge is -2.22. The molecule has 0 aliphatic heterocycles. The molecule has 0 radical (unpaired) electrons. The summed E-state index contributed by atoms with van der Waals surface area (Å²) >= 11 is 0. The van der Waals surface area contributed by atoms with E-state index in [1.165, 1.54) is 5.56 Å². The van der Waals surface area contributed by atoms with Crippen molar-refractivity contribution in [3.8, 4) is 5.75 Å². The van der Waals surface area contributed by atoms with Crippen LogP contribution in [0.2, 0.25) is 0 Å². The molecule has 0 bridgehead atoms. The zero-order valence-electron chi connectivity index (χ0n) is 14.3. The van der Waals surface area contributed by atoms with Gasteiger partial charge in [-0.25, -0.2) is 0 Å². The molecule has 0 saturated heterocycles. The SMILES string of the molecule is CC(C)(C)OC[C@@H](N)Cc1ccc(OCc2ccccc2)cc1. The van der Waals surface area contributed by atoms with E-state index in [-0.39, 0.29) is 11.6 Å². The average Bonchev–Trinajstić information content (AvgIpc) is 2.53. The van der Waals surface area contributed by atoms with Crippen LogP contribution in [0.4, 0.5) is 0 Å². The Morgan fingerprint density at radius 1 is 0.913 bits per heavy atom. The molecule has 23 heavy (non-hydrogen) atoms. The van der Waals surface area contributed by atoms with Crippen molar-refractivity contribution in [1.29, 1.82) is 0 Å². The first-order valence-corrected chi connectivity index (χ1v) is 8.07. The number of rotatable bonds is 7. The Balaban J connectivity index is 1.80. The van der Waals surface area contributed by atoms with Gasteiger partial charge in [0.25, 0.3) is 0 Å². The van der Waals surface area contributed by atoms with Crippen molar-refractivity contribution in [3.05, 3.63) is 65.7 Å². The lowest BCUT2D eigenvalue weighted by Crippen LogP contribution is -2.33. The zero-order valence-corrected chi connectivity index (χ0v) is 14.3. The van der Waals surface area contributed by atoms with E-state index in [9.17, 15) is 0 Å². The van der Waals surface area contributed by atoms with E-state index in [2.05, 4.69) is 24.3 Å². The summed E-state index contributed by atoms with van der Waals surface area (Å²) in [6, 6.07) is 18.3. The van der Waals surface area contributed by atoms with Gasteiger partial charge in [0.15, 0.2) is 0 Å². The highest BCUT2D eigenvalue weighted by Crippen LogP contribution is 2.15. The van der Waals surface area contributed by atoms with Crippen LogP contribution in [0.3, 0.4) is 0 Å². The molecule has 0 fully saturated rings. The Hall–Kier alpha value is -1.84. The molecule has 1 atom stereocenters. The van der Waals surface area contributed by atoms with Gasteiger partial charge < -0.3 is 15.2 Å². The third kappa shape index (κ3) is 6.85. The van der Waals surface area contributed by atoms with Gasteiger partial charge in [0.2, 0.25) is 0 Å². The molecule has 0 aromatic heterocycles. The van der Waals surface area contributed by atoms with Crippen LogP contribution in [-0.4, -0.2) is 18.2 Å². The second-order valence-corrected chi connectivity index (χ2v) is 6.81. The third-order valence-corrected chi connectivity index (χ3v) is 3.40. The largest absolute Gasteiger partial charge is 0.489 e. The van der Waals surface area contributed by atoms with E-state index in [0.717, 1.165) is 17.7 Å². The first-order valence-electron chi connectivity index (χ1n) is 8.07. The summed E-state index contributed by atoms with van der Waals surface area (Å²) in [5.41, 5.74) is 8.34. The molecule has 0 heterocycles. The lowest BCUT2D eigenvalue weighted by molar-refractivity contribution is -0.00983. The Morgan fingerprint density at radius 2 is 1.57 bits per heavy atom. The molecule has 0 spiro atoms. The molecule has 2 aromatic rings. The van der Waals surface area contributed by atoms with E-state index in [0.29, 0.717) is 13.2 Å².